The zero-order chi connectivity index (χ0) is 7.56. The van der Waals surface area contributed by atoms with Gasteiger partial charge in [0.05, 0.1) is 12.2 Å². The van der Waals surface area contributed by atoms with Crippen molar-refractivity contribution in [2.24, 2.45) is 10.9 Å². The Kier molecular flexibility index (Phi) is 2.04. The summed E-state index contributed by atoms with van der Waals surface area (Å²) in [6.45, 7) is 4.33. The number of aliphatic imine (C=N–C) groups is 1. The van der Waals surface area contributed by atoms with Crippen LogP contribution < -0.4 is 5.32 Å². The number of hydrogen-bond acceptors (Lipinski definition) is 2. The number of nitrogens with zero attached hydrogens (tertiary/aromatic N) is 1. The van der Waals surface area contributed by atoms with Crippen molar-refractivity contribution in [3.05, 3.63) is 11.6 Å². The fourth-order valence-electron chi connectivity index (χ4n) is 0.829. The van der Waals surface area contributed by atoms with Crippen LogP contribution >= 0.6 is 0 Å². The van der Waals surface area contributed by atoms with Crippen LogP contribution in [-0.4, -0.2) is 12.8 Å². The molecule has 0 aliphatic carbocycles. The van der Waals surface area contributed by atoms with Crippen LogP contribution in [0.4, 0.5) is 4.39 Å². The van der Waals surface area contributed by atoms with Crippen molar-refractivity contribution >= 4 is 6.21 Å². The summed E-state index contributed by atoms with van der Waals surface area (Å²) in [6.07, 6.45) is 1.68. The highest BCUT2D eigenvalue weighted by molar-refractivity contribution is 5.63. The third kappa shape index (κ3) is 1.35. The standard InChI is InChI=1S/C7H11FN2/c1-5(2)6-7(8)10-4-3-9-6/h3,5,10H,4H2,1-2H3. The first-order chi connectivity index (χ1) is 4.72. The molecule has 3 heteroatoms. The van der Waals surface area contributed by atoms with E-state index in [1.165, 1.54) is 0 Å². The minimum atomic E-state index is -0.280. The maximum Gasteiger partial charge on any atom is 0.209 e. The largest absolute Gasteiger partial charge is 0.355 e. The van der Waals surface area contributed by atoms with Gasteiger partial charge in [-0.15, -0.1) is 0 Å². The zero-order valence-electron chi connectivity index (χ0n) is 6.19. The normalized spacial score (nSPS) is 18.0. The van der Waals surface area contributed by atoms with Crippen molar-refractivity contribution < 1.29 is 4.39 Å². The maximum atomic E-state index is 12.8. The minimum absolute atomic E-state index is 0.157. The molecule has 0 radical (unpaired) electrons. The van der Waals surface area contributed by atoms with Gasteiger partial charge in [-0.2, -0.15) is 4.39 Å². The van der Waals surface area contributed by atoms with Crippen LogP contribution in [0.1, 0.15) is 13.8 Å². The van der Waals surface area contributed by atoms with Crippen molar-refractivity contribution in [1.29, 1.82) is 0 Å². The van der Waals surface area contributed by atoms with E-state index >= 15 is 0 Å². The van der Waals surface area contributed by atoms with Crippen molar-refractivity contribution in [1.82, 2.24) is 5.32 Å². The molecule has 0 saturated carbocycles. The van der Waals surface area contributed by atoms with Crippen LogP contribution in [0.5, 0.6) is 0 Å². The summed E-state index contributed by atoms with van der Waals surface area (Å²) in [7, 11) is 0. The van der Waals surface area contributed by atoms with Gasteiger partial charge in [0.1, 0.15) is 0 Å². The average molecular weight is 142 g/mol. The average Bonchev–Trinajstić information content (AvgIpc) is 1.88. The fourth-order valence-corrected chi connectivity index (χ4v) is 0.829. The summed E-state index contributed by atoms with van der Waals surface area (Å²) >= 11 is 0. The Hall–Kier alpha value is -0.860. The van der Waals surface area contributed by atoms with E-state index in [-0.39, 0.29) is 11.9 Å². The smallest absolute Gasteiger partial charge is 0.209 e. The molecule has 2 nitrogen and oxygen atoms in total. The second-order valence-corrected chi connectivity index (χ2v) is 2.55. The topological polar surface area (TPSA) is 24.4 Å². The lowest BCUT2D eigenvalue weighted by Crippen LogP contribution is -2.20. The summed E-state index contributed by atoms with van der Waals surface area (Å²) in [5, 5.41) is 2.58. The monoisotopic (exact) mass is 142 g/mol. The van der Waals surface area contributed by atoms with E-state index in [0.29, 0.717) is 12.2 Å². The highest BCUT2D eigenvalue weighted by Gasteiger charge is 2.11. The van der Waals surface area contributed by atoms with Crippen LogP contribution in [-0.2, 0) is 0 Å². The highest BCUT2D eigenvalue weighted by atomic mass is 19.1. The fraction of sp³-hybridized carbons (Fsp3) is 0.571. The number of halogens is 1. The molecule has 10 heavy (non-hydrogen) atoms. The Morgan fingerprint density at radius 3 is 2.80 bits per heavy atom. The van der Waals surface area contributed by atoms with E-state index in [1.54, 1.807) is 6.21 Å². The molecule has 0 amide bonds. The predicted octanol–water partition coefficient (Wildman–Crippen LogP) is 1.46. The van der Waals surface area contributed by atoms with E-state index in [4.69, 9.17) is 0 Å². The molecule has 0 saturated heterocycles. The van der Waals surface area contributed by atoms with Crippen LogP contribution in [0.2, 0.25) is 0 Å². The Morgan fingerprint density at radius 2 is 2.40 bits per heavy atom. The Balaban J connectivity index is 2.79. The Bertz CT molecular complexity index is 182. The molecule has 1 aliphatic heterocycles. The van der Waals surface area contributed by atoms with Crippen LogP contribution in [0.3, 0.4) is 0 Å². The van der Waals surface area contributed by atoms with Gasteiger partial charge >= 0.3 is 0 Å². The third-order valence-electron chi connectivity index (χ3n) is 1.35. The van der Waals surface area contributed by atoms with Gasteiger partial charge in [-0.1, -0.05) is 13.8 Å². The zero-order valence-corrected chi connectivity index (χ0v) is 6.19. The third-order valence-corrected chi connectivity index (χ3v) is 1.35. The van der Waals surface area contributed by atoms with Crippen molar-refractivity contribution in [2.45, 2.75) is 13.8 Å². The first kappa shape index (κ1) is 7.25. The molecule has 0 aromatic carbocycles. The quantitative estimate of drug-likeness (QED) is 0.550. The molecule has 1 aliphatic rings. The first-order valence-electron chi connectivity index (χ1n) is 3.38. The van der Waals surface area contributed by atoms with Gasteiger partial charge in [0.2, 0.25) is 5.95 Å². The lowest BCUT2D eigenvalue weighted by Gasteiger charge is -2.12. The number of allylic oxidation sites excluding steroid dienone is 1. The molecular weight excluding hydrogens is 131 g/mol. The van der Waals surface area contributed by atoms with Gasteiger partial charge in [0.25, 0.3) is 0 Å². The Morgan fingerprint density at radius 1 is 1.70 bits per heavy atom. The lowest BCUT2D eigenvalue weighted by atomic mass is 10.1. The molecular formula is C7H11FN2. The SMILES string of the molecule is CC(C)C1=C(F)NCC=N1. The van der Waals surface area contributed by atoms with Crippen LogP contribution in [0.25, 0.3) is 0 Å². The molecule has 0 unspecified atom stereocenters. The lowest BCUT2D eigenvalue weighted by molar-refractivity contribution is 0.522. The van der Waals surface area contributed by atoms with E-state index in [2.05, 4.69) is 10.3 Å². The van der Waals surface area contributed by atoms with Crippen LogP contribution in [0.15, 0.2) is 16.6 Å². The van der Waals surface area contributed by atoms with Crippen molar-refractivity contribution in [3.63, 3.8) is 0 Å². The molecule has 0 spiro atoms. The number of hydrogen-bond donors (Lipinski definition) is 1. The molecule has 1 rings (SSSR count). The maximum absolute atomic E-state index is 12.8. The van der Waals surface area contributed by atoms with E-state index in [9.17, 15) is 4.39 Å². The number of nitrogens with one attached hydrogen (secondary N) is 1. The van der Waals surface area contributed by atoms with Gasteiger partial charge in [-0.05, 0) is 0 Å². The van der Waals surface area contributed by atoms with E-state index in [0.717, 1.165) is 0 Å². The molecule has 0 aromatic heterocycles. The highest BCUT2D eigenvalue weighted by Crippen LogP contribution is 2.16. The van der Waals surface area contributed by atoms with E-state index in [1.807, 2.05) is 13.8 Å². The predicted molar refractivity (Wildman–Crippen MR) is 39.5 cm³/mol. The summed E-state index contributed by atoms with van der Waals surface area (Å²) in [6, 6.07) is 0. The second-order valence-electron chi connectivity index (χ2n) is 2.55. The molecule has 0 fully saturated rings. The minimum Gasteiger partial charge on any atom is -0.355 e. The summed E-state index contributed by atoms with van der Waals surface area (Å²) < 4.78 is 12.8. The second kappa shape index (κ2) is 2.82. The molecule has 56 valence electrons. The van der Waals surface area contributed by atoms with E-state index < -0.39 is 0 Å². The van der Waals surface area contributed by atoms with Gasteiger partial charge in [-0.25, -0.2) is 0 Å². The van der Waals surface area contributed by atoms with Crippen molar-refractivity contribution in [3.8, 4) is 0 Å². The molecule has 0 atom stereocenters. The number of rotatable bonds is 1. The molecule has 1 N–H and O–H groups in total. The van der Waals surface area contributed by atoms with Crippen molar-refractivity contribution in [2.75, 3.05) is 6.54 Å². The molecule has 1 heterocycles. The van der Waals surface area contributed by atoms with Gasteiger partial charge < -0.3 is 5.32 Å². The Labute approximate surface area is 59.8 Å². The summed E-state index contributed by atoms with van der Waals surface area (Å²) in [5.41, 5.74) is 0.520. The molecule has 0 bridgehead atoms. The molecule has 0 aromatic rings. The van der Waals surface area contributed by atoms with Crippen LogP contribution in [0, 0.1) is 5.92 Å². The summed E-state index contributed by atoms with van der Waals surface area (Å²) in [5.74, 6) is -0.124. The van der Waals surface area contributed by atoms with Gasteiger partial charge in [0.15, 0.2) is 0 Å². The first-order valence-corrected chi connectivity index (χ1v) is 3.38. The summed E-state index contributed by atoms with van der Waals surface area (Å²) in [4.78, 5) is 3.93. The van der Waals surface area contributed by atoms with Gasteiger partial charge in [0, 0.05) is 12.1 Å². The van der Waals surface area contributed by atoms with Gasteiger partial charge in [-0.3, -0.25) is 4.99 Å².